The van der Waals surface area contributed by atoms with Crippen LogP contribution < -0.4 is 4.74 Å². The predicted octanol–water partition coefficient (Wildman–Crippen LogP) is 3.66. The zero-order valence-corrected chi connectivity index (χ0v) is 10.2. The maximum Gasteiger partial charge on any atom is 0.150 e. The first kappa shape index (κ1) is 11.7. The zero-order chi connectivity index (χ0) is 12.1. The fourth-order valence-corrected chi connectivity index (χ4v) is 2.37. The van der Waals surface area contributed by atoms with Crippen molar-refractivity contribution in [2.75, 3.05) is 7.11 Å². The summed E-state index contributed by atoms with van der Waals surface area (Å²) in [4.78, 5) is 12.7. The van der Waals surface area contributed by atoms with E-state index in [-0.39, 0.29) is 0 Å². The van der Waals surface area contributed by atoms with Crippen LogP contribution in [0.1, 0.15) is 10.4 Å². The van der Waals surface area contributed by atoms with E-state index in [1.165, 1.54) is 0 Å². The lowest BCUT2D eigenvalue weighted by atomic mass is 10.2. The Hall–Kier alpha value is -1.74. The smallest absolute Gasteiger partial charge is 0.150 e. The molecule has 0 bridgehead atoms. The van der Waals surface area contributed by atoms with E-state index >= 15 is 0 Å². The molecule has 0 saturated heterocycles. The van der Waals surface area contributed by atoms with Gasteiger partial charge in [-0.25, -0.2) is 0 Å². The number of hydrogen-bond acceptors (Lipinski definition) is 3. The number of ether oxygens (including phenoxy) is 1. The Labute approximate surface area is 105 Å². The Balaban J connectivity index is 2.21. The molecule has 0 N–H and O–H groups in total. The van der Waals surface area contributed by atoms with E-state index in [0.717, 1.165) is 21.8 Å². The molecule has 3 heteroatoms. The molecule has 2 rings (SSSR count). The molecule has 0 atom stereocenters. The first-order valence-corrected chi connectivity index (χ1v) is 6.01. The second-order valence-corrected chi connectivity index (χ2v) is 4.56. The maximum absolute atomic E-state index is 10.5. The number of benzene rings is 2. The fraction of sp³-hybridized carbons (Fsp3) is 0.0714. The molecule has 2 nitrogen and oxygen atoms in total. The molecule has 0 aliphatic carbocycles. The molecule has 0 amide bonds. The van der Waals surface area contributed by atoms with Gasteiger partial charge in [0.05, 0.1) is 12.0 Å². The van der Waals surface area contributed by atoms with Crippen LogP contribution in [-0.4, -0.2) is 13.4 Å². The second kappa shape index (κ2) is 5.55. The third kappa shape index (κ3) is 2.88. The summed E-state index contributed by atoms with van der Waals surface area (Å²) >= 11 is 1.62. The van der Waals surface area contributed by atoms with Crippen LogP contribution in [-0.2, 0) is 0 Å². The van der Waals surface area contributed by atoms with Crippen molar-refractivity contribution in [3.63, 3.8) is 0 Å². The first-order valence-electron chi connectivity index (χ1n) is 5.19. The van der Waals surface area contributed by atoms with Gasteiger partial charge in [0.1, 0.15) is 12.0 Å². The Morgan fingerprint density at radius 2 is 1.76 bits per heavy atom. The average Bonchev–Trinajstić information content (AvgIpc) is 2.40. The highest BCUT2D eigenvalue weighted by molar-refractivity contribution is 7.99. The highest BCUT2D eigenvalue weighted by Crippen LogP contribution is 2.34. The summed E-state index contributed by atoms with van der Waals surface area (Å²) in [6, 6.07) is 15.3. The molecule has 2 aromatic carbocycles. The van der Waals surface area contributed by atoms with Gasteiger partial charge in [0, 0.05) is 10.5 Å². The van der Waals surface area contributed by atoms with Crippen molar-refractivity contribution in [3.05, 3.63) is 54.1 Å². The van der Waals surface area contributed by atoms with Gasteiger partial charge < -0.3 is 4.74 Å². The van der Waals surface area contributed by atoms with Crippen molar-refractivity contribution in [1.29, 1.82) is 0 Å². The van der Waals surface area contributed by atoms with Gasteiger partial charge in [0.15, 0.2) is 0 Å². The van der Waals surface area contributed by atoms with Crippen molar-refractivity contribution in [2.45, 2.75) is 9.79 Å². The van der Waals surface area contributed by atoms with Crippen molar-refractivity contribution in [2.24, 2.45) is 0 Å². The number of rotatable bonds is 4. The third-order valence-corrected chi connectivity index (χ3v) is 3.38. The van der Waals surface area contributed by atoms with Crippen LogP contribution >= 0.6 is 11.8 Å². The first-order chi connectivity index (χ1) is 8.33. The summed E-state index contributed by atoms with van der Waals surface area (Å²) in [6.45, 7) is 0. The number of hydrogen-bond donors (Lipinski definition) is 0. The van der Waals surface area contributed by atoms with Crippen LogP contribution in [0, 0.1) is 0 Å². The largest absolute Gasteiger partial charge is 0.496 e. The highest BCUT2D eigenvalue weighted by Gasteiger charge is 2.03. The Bertz CT molecular complexity index is 506. The maximum atomic E-state index is 10.5. The summed E-state index contributed by atoms with van der Waals surface area (Å²) < 4.78 is 5.29. The summed E-state index contributed by atoms with van der Waals surface area (Å²) in [5, 5.41) is 0. The van der Waals surface area contributed by atoms with Crippen LogP contribution in [0.2, 0.25) is 0 Å². The molecule has 0 radical (unpaired) electrons. The summed E-state index contributed by atoms with van der Waals surface area (Å²) in [5.74, 6) is 0.858. The fourth-order valence-electron chi connectivity index (χ4n) is 1.44. The van der Waals surface area contributed by atoms with Gasteiger partial charge >= 0.3 is 0 Å². The number of aldehydes is 1. The highest BCUT2D eigenvalue weighted by atomic mass is 32.2. The van der Waals surface area contributed by atoms with Crippen LogP contribution in [0.5, 0.6) is 5.75 Å². The zero-order valence-electron chi connectivity index (χ0n) is 9.42. The Morgan fingerprint density at radius 1 is 1.06 bits per heavy atom. The molecular formula is C14H12O2S. The number of carbonyl (C=O) groups is 1. The van der Waals surface area contributed by atoms with E-state index in [2.05, 4.69) is 0 Å². The Kier molecular flexibility index (Phi) is 3.83. The average molecular weight is 244 g/mol. The van der Waals surface area contributed by atoms with Crippen LogP contribution in [0.3, 0.4) is 0 Å². The molecule has 17 heavy (non-hydrogen) atoms. The van der Waals surface area contributed by atoms with E-state index in [0.29, 0.717) is 5.56 Å². The van der Waals surface area contributed by atoms with Gasteiger partial charge in [-0.3, -0.25) is 4.79 Å². The van der Waals surface area contributed by atoms with E-state index < -0.39 is 0 Å². The molecular weight excluding hydrogens is 232 g/mol. The topological polar surface area (TPSA) is 26.3 Å². The molecule has 0 fully saturated rings. The van der Waals surface area contributed by atoms with Gasteiger partial charge in [0.25, 0.3) is 0 Å². The summed E-state index contributed by atoms with van der Waals surface area (Å²) in [7, 11) is 1.66. The summed E-state index contributed by atoms with van der Waals surface area (Å²) in [6.07, 6.45) is 0.845. The Morgan fingerprint density at radius 3 is 2.41 bits per heavy atom. The lowest BCUT2D eigenvalue weighted by Gasteiger charge is -2.07. The van der Waals surface area contributed by atoms with Gasteiger partial charge in [-0.05, 0) is 24.3 Å². The van der Waals surface area contributed by atoms with Crippen LogP contribution in [0.4, 0.5) is 0 Å². The normalized spacial score (nSPS) is 9.94. The van der Waals surface area contributed by atoms with Gasteiger partial charge in [0.2, 0.25) is 0 Å². The number of methoxy groups -OCH3 is 1. The molecule has 2 aromatic rings. The standard InChI is InChI=1S/C14H12O2S/c1-16-13-4-2-3-5-14(13)17-12-8-6-11(10-15)7-9-12/h2-10H,1H3. The van der Waals surface area contributed by atoms with Crippen LogP contribution in [0.25, 0.3) is 0 Å². The minimum Gasteiger partial charge on any atom is -0.496 e. The molecule has 0 aromatic heterocycles. The molecule has 0 heterocycles. The third-order valence-electron chi connectivity index (χ3n) is 2.31. The number of para-hydroxylation sites is 1. The second-order valence-electron chi connectivity index (χ2n) is 3.44. The minimum atomic E-state index is 0.689. The van der Waals surface area contributed by atoms with Gasteiger partial charge in [-0.1, -0.05) is 36.0 Å². The lowest BCUT2D eigenvalue weighted by molar-refractivity contribution is 0.112. The van der Waals surface area contributed by atoms with E-state index in [4.69, 9.17) is 4.74 Å². The van der Waals surface area contributed by atoms with Gasteiger partial charge in [-0.15, -0.1) is 0 Å². The quantitative estimate of drug-likeness (QED) is 0.768. The SMILES string of the molecule is COc1ccccc1Sc1ccc(C=O)cc1. The molecule has 0 saturated carbocycles. The minimum absolute atomic E-state index is 0.689. The monoisotopic (exact) mass is 244 g/mol. The lowest BCUT2D eigenvalue weighted by Crippen LogP contribution is -1.85. The van der Waals surface area contributed by atoms with E-state index in [9.17, 15) is 4.79 Å². The van der Waals surface area contributed by atoms with Gasteiger partial charge in [-0.2, -0.15) is 0 Å². The molecule has 0 aliphatic rings. The van der Waals surface area contributed by atoms with Crippen molar-refractivity contribution >= 4 is 18.0 Å². The summed E-state index contributed by atoms with van der Waals surface area (Å²) in [5.41, 5.74) is 0.689. The van der Waals surface area contributed by atoms with Crippen molar-refractivity contribution < 1.29 is 9.53 Å². The molecule has 0 aliphatic heterocycles. The molecule has 0 unspecified atom stereocenters. The molecule has 0 spiro atoms. The van der Waals surface area contributed by atoms with Crippen molar-refractivity contribution in [3.8, 4) is 5.75 Å². The van der Waals surface area contributed by atoms with E-state index in [1.807, 2.05) is 48.5 Å². The molecule has 86 valence electrons. The number of carbonyl (C=O) groups excluding carboxylic acids is 1. The van der Waals surface area contributed by atoms with E-state index in [1.54, 1.807) is 18.9 Å². The predicted molar refractivity (Wildman–Crippen MR) is 68.9 cm³/mol. The van der Waals surface area contributed by atoms with Crippen molar-refractivity contribution in [1.82, 2.24) is 0 Å². The van der Waals surface area contributed by atoms with Crippen LogP contribution in [0.15, 0.2) is 58.3 Å².